The van der Waals surface area contributed by atoms with Gasteiger partial charge in [0.25, 0.3) is 0 Å². The molecule has 2 aliphatic rings. The van der Waals surface area contributed by atoms with E-state index in [9.17, 15) is 9.18 Å². The van der Waals surface area contributed by atoms with E-state index in [0.717, 1.165) is 54.4 Å². The number of rotatable bonds is 15. The van der Waals surface area contributed by atoms with Crippen LogP contribution in [0.15, 0.2) is 42.0 Å². The molecule has 1 N–H and O–H groups in total. The molecule has 0 saturated carbocycles. The van der Waals surface area contributed by atoms with Crippen molar-refractivity contribution >= 4 is 11.5 Å². The molecule has 0 fully saturated rings. The second-order valence-corrected chi connectivity index (χ2v) is 11.9. The summed E-state index contributed by atoms with van der Waals surface area (Å²) in [6, 6.07) is 9.81. The van der Waals surface area contributed by atoms with E-state index < -0.39 is 29.3 Å². The van der Waals surface area contributed by atoms with Gasteiger partial charge in [-0.05, 0) is 68.7 Å². The quantitative estimate of drug-likeness (QED) is 0.222. The lowest BCUT2D eigenvalue weighted by Crippen LogP contribution is -2.47. The summed E-state index contributed by atoms with van der Waals surface area (Å²) in [5.41, 5.74) is 2.77. The molecule has 5 nitrogen and oxygen atoms in total. The molecular weight excluding hydrogens is 531 g/mol. The van der Waals surface area contributed by atoms with Crippen LogP contribution in [-0.2, 0) is 16.0 Å². The molecule has 0 bridgehead atoms. The molecule has 41 heavy (non-hydrogen) atoms. The third-order valence-electron chi connectivity index (χ3n) is 7.88. The number of halogens is 3. The minimum atomic E-state index is -1.53. The van der Waals surface area contributed by atoms with E-state index in [4.69, 9.17) is 14.6 Å². The van der Waals surface area contributed by atoms with Gasteiger partial charge in [0.1, 0.15) is 23.1 Å². The van der Waals surface area contributed by atoms with E-state index in [1.165, 1.54) is 26.0 Å². The predicted molar refractivity (Wildman–Crippen MR) is 154 cm³/mol. The number of ether oxygens (including phenoxy) is 2. The number of aliphatic carboxylic acids is 1. The number of benzene rings is 2. The number of fused-ring (bicyclic) bond motifs is 2. The summed E-state index contributed by atoms with van der Waals surface area (Å²) >= 11 is 0. The monoisotopic (exact) mass is 573 g/mol. The third kappa shape index (κ3) is 8.13. The van der Waals surface area contributed by atoms with Gasteiger partial charge in [-0.3, -0.25) is 9.69 Å². The molecule has 2 aromatic carbocycles. The van der Waals surface area contributed by atoms with E-state index in [0.29, 0.717) is 26.1 Å². The maximum absolute atomic E-state index is 15.8. The van der Waals surface area contributed by atoms with Gasteiger partial charge in [0.2, 0.25) is 0 Å². The van der Waals surface area contributed by atoms with Crippen LogP contribution < -0.4 is 4.74 Å². The van der Waals surface area contributed by atoms with Gasteiger partial charge < -0.3 is 14.6 Å². The molecule has 1 heterocycles. The van der Waals surface area contributed by atoms with Crippen LogP contribution in [0.3, 0.4) is 0 Å². The average molecular weight is 574 g/mol. The molecule has 0 amide bonds. The fraction of sp³-hybridized carbons (Fsp3) is 0.545. The van der Waals surface area contributed by atoms with Gasteiger partial charge >= 0.3 is 5.97 Å². The van der Waals surface area contributed by atoms with E-state index in [2.05, 4.69) is 12.1 Å². The number of nitrogens with zero attached hydrogens (tertiary/aromatic N) is 1. The van der Waals surface area contributed by atoms with Crippen molar-refractivity contribution in [3.05, 3.63) is 70.3 Å². The molecule has 0 aromatic heterocycles. The Morgan fingerprint density at radius 3 is 2.37 bits per heavy atom. The van der Waals surface area contributed by atoms with Crippen molar-refractivity contribution in [3.8, 4) is 5.75 Å². The van der Waals surface area contributed by atoms with Gasteiger partial charge in [-0.1, -0.05) is 43.5 Å². The Labute approximate surface area is 241 Å². The Morgan fingerprint density at radius 1 is 1.02 bits per heavy atom. The van der Waals surface area contributed by atoms with Gasteiger partial charge in [-0.15, -0.1) is 0 Å². The first kappa shape index (κ1) is 31.1. The van der Waals surface area contributed by atoms with Crippen LogP contribution in [0, 0.1) is 11.6 Å². The van der Waals surface area contributed by atoms with Crippen LogP contribution >= 0.6 is 0 Å². The number of carboxylic acids is 1. The van der Waals surface area contributed by atoms with Crippen molar-refractivity contribution in [2.75, 3.05) is 26.4 Å². The van der Waals surface area contributed by atoms with Crippen LogP contribution in [0.25, 0.3) is 5.57 Å². The number of hydrogen-bond acceptors (Lipinski definition) is 4. The zero-order valence-electron chi connectivity index (χ0n) is 24.4. The Balaban J connectivity index is 1.40. The Kier molecular flexibility index (Phi) is 10.5. The standard InChI is InChI=1S/C33H42F3NO4/c1-22-17-26-25-12-8-7-11-23(25)18-27(26)32(37(22)21-33(2,3)36)31-28(34)19-24(20-29(31)35)41-15-10-6-4-5-9-14-40-16-13-30(38)39/h7-8,11-12,19-20,22,32H,4-6,9-10,13-18,21H2,1-3H3,(H,38,39)/t22-,32+/m1/s1. The minimum Gasteiger partial charge on any atom is -0.493 e. The number of unbranched alkanes of at least 4 members (excludes halogenated alkanes) is 4. The summed E-state index contributed by atoms with van der Waals surface area (Å²) in [5, 5.41) is 8.59. The Bertz CT molecular complexity index is 1220. The Hall–Kier alpha value is -2.84. The molecule has 224 valence electrons. The number of hydrogen-bond donors (Lipinski definition) is 1. The van der Waals surface area contributed by atoms with Gasteiger partial charge in [0, 0.05) is 36.9 Å². The third-order valence-corrected chi connectivity index (χ3v) is 7.88. The lowest BCUT2D eigenvalue weighted by atomic mass is 9.84. The molecule has 2 aromatic rings. The van der Waals surface area contributed by atoms with Crippen molar-refractivity contribution in [1.29, 1.82) is 0 Å². The van der Waals surface area contributed by atoms with E-state index in [1.54, 1.807) is 0 Å². The lowest BCUT2D eigenvalue weighted by molar-refractivity contribution is -0.138. The van der Waals surface area contributed by atoms with Crippen molar-refractivity contribution in [2.45, 2.75) is 89.9 Å². The van der Waals surface area contributed by atoms with E-state index in [-0.39, 0.29) is 36.9 Å². The molecule has 0 unspecified atom stereocenters. The molecule has 0 radical (unpaired) electrons. The average Bonchev–Trinajstić information content (AvgIpc) is 3.25. The second-order valence-electron chi connectivity index (χ2n) is 11.9. The van der Waals surface area contributed by atoms with Gasteiger partial charge in [0.05, 0.1) is 25.7 Å². The highest BCUT2D eigenvalue weighted by Gasteiger charge is 2.42. The topological polar surface area (TPSA) is 59.0 Å². The van der Waals surface area contributed by atoms with Crippen LogP contribution in [0.2, 0.25) is 0 Å². The Morgan fingerprint density at radius 2 is 1.68 bits per heavy atom. The largest absolute Gasteiger partial charge is 0.493 e. The molecule has 4 rings (SSSR count). The zero-order chi connectivity index (χ0) is 29.6. The van der Waals surface area contributed by atoms with Crippen LogP contribution in [-0.4, -0.2) is 54.1 Å². The maximum Gasteiger partial charge on any atom is 0.305 e. The highest BCUT2D eigenvalue weighted by atomic mass is 19.1. The number of alkyl halides is 1. The lowest BCUT2D eigenvalue weighted by Gasteiger charge is -2.44. The van der Waals surface area contributed by atoms with Gasteiger partial charge in [-0.2, -0.15) is 0 Å². The van der Waals surface area contributed by atoms with Crippen LogP contribution in [0.5, 0.6) is 5.75 Å². The van der Waals surface area contributed by atoms with Crippen molar-refractivity contribution in [3.63, 3.8) is 0 Å². The van der Waals surface area contributed by atoms with E-state index in [1.807, 2.05) is 24.0 Å². The SMILES string of the molecule is C[C@@H]1CC2=C(Cc3ccccc32)[C@@H](c2c(F)cc(OCCCCCCCOCCC(=O)O)cc2F)N1CC(C)(C)F. The summed E-state index contributed by atoms with van der Waals surface area (Å²) in [4.78, 5) is 12.4. The van der Waals surface area contributed by atoms with E-state index >= 15 is 8.78 Å². The summed E-state index contributed by atoms with van der Waals surface area (Å²) in [6.07, 6.45) is 5.76. The first-order valence-corrected chi connectivity index (χ1v) is 14.7. The highest BCUT2D eigenvalue weighted by molar-refractivity contribution is 5.79. The molecule has 2 atom stereocenters. The highest BCUT2D eigenvalue weighted by Crippen LogP contribution is 2.50. The summed E-state index contributed by atoms with van der Waals surface area (Å²) in [6.45, 7) is 6.20. The normalized spacial score (nSPS) is 18.9. The second kappa shape index (κ2) is 13.9. The first-order valence-electron chi connectivity index (χ1n) is 14.7. The summed E-state index contributed by atoms with van der Waals surface area (Å²) < 4.78 is 57.5. The first-order chi connectivity index (χ1) is 19.5. The fourth-order valence-corrected chi connectivity index (χ4v) is 6.04. The van der Waals surface area contributed by atoms with Gasteiger partial charge in [0.15, 0.2) is 0 Å². The molecule has 8 heteroatoms. The molecule has 1 aliphatic carbocycles. The maximum atomic E-state index is 15.8. The van der Waals surface area contributed by atoms with Crippen LogP contribution in [0.4, 0.5) is 13.2 Å². The van der Waals surface area contributed by atoms with Crippen molar-refractivity contribution < 1.29 is 32.5 Å². The molecule has 0 saturated heterocycles. The predicted octanol–water partition coefficient (Wildman–Crippen LogP) is 7.68. The number of carboxylic acid groups (broad SMARTS) is 1. The number of carbonyl (C=O) groups is 1. The fourth-order valence-electron chi connectivity index (χ4n) is 6.04. The summed E-state index contributed by atoms with van der Waals surface area (Å²) in [5.74, 6) is -2.06. The molecule has 0 spiro atoms. The molecule has 1 aliphatic heterocycles. The minimum absolute atomic E-state index is 0.0144. The van der Waals surface area contributed by atoms with Crippen molar-refractivity contribution in [2.24, 2.45) is 0 Å². The molecular formula is C33H42F3NO4. The van der Waals surface area contributed by atoms with Gasteiger partial charge in [-0.25, -0.2) is 13.2 Å². The zero-order valence-corrected chi connectivity index (χ0v) is 24.4. The summed E-state index contributed by atoms with van der Waals surface area (Å²) in [7, 11) is 0. The van der Waals surface area contributed by atoms with Crippen molar-refractivity contribution in [1.82, 2.24) is 4.90 Å². The smallest absolute Gasteiger partial charge is 0.305 e. The van der Waals surface area contributed by atoms with Crippen LogP contribution in [0.1, 0.15) is 88.4 Å².